The highest BCUT2D eigenvalue weighted by Gasteiger charge is 2.38. The largest absolute Gasteiger partial charge is 0.378 e. The first-order valence-corrected chi connectivity index (χ1v) is 10.2. The number of H-pyrrole nitrogens is 1. The van der Waals surface area contributed by atoms with E-state index in [0.29, 0.717) is 45.2 Å². The highest BCUT2D eigenvalue weighted by molar-refractivity contribution is 5.91. The van der Waals surface area contributed by atoms with Crippen LogP contribution in [-0.2, 0) is 9.53 Å². The minimum Gasteiger partial charge on any atom is -0.378 e. The molecule has 2 N–H and O–H groups in total. The van der Waals surface area contributed by atoms with Crippen molar-refractivity contribution >= 4 is 11.8 Å². The first kappa shape index (κ1) is 19.2. The van der Waals surface area contributed by atoms with Crippen molar-refractivity contribution in [2.24, 2.45) is 5.92 Å². The monoisotopic (exact) mass is 392 g/mol. The Labute approximate surface area is 163 Å². The number of aromatic nitrogens is 1. The Kier molecular flexibility index (Phi) is 5.82. The van der Waals surface area contributed by atoms with E-state index in [9.17, 15) is 14.4 Å². The number of aromatic amines is 1. The lowest BCUT2D eigenvalue weighted by Crippen LogP contribution is -2.47. The van der Waals surface area contributed by atoms with Crippen LogP contribution in [-0.4, -0.2) is 78.2 Å². The van der Waals surface area contributed by atoms with Gasteiger partial charge in [-0.05, 0) is 31.6 Å². The van der Waals surface area contributed by atoms with Crippen molar-refractivity contribution in [2.45, 2.75) is 44.2 Å². The lowest BCUT2D eigenvalue weighted by Gasteiger charge is -2.32. The van der Waals surface area contributed by atoms with Gasteiger partial charge in [0.15, 0.2) is 0 Å². The molecule has 4 rings (SSSR count). The van der Waals surface area contributed by atoms with Gasteiger partial charge in [-0.2, -0.15) is 5.16 Å². The summed E-state index contributed by atoms with van der Waals surface area (Å²) in [6, 6.07) is 1.58. The maximum absolute atomic E-state index is 12.7. The normalized spacial score (nSPS) is 25.8. The second-order valence-electron chi connectivity index (χ2n) is 8.01. The van der Waals surface area contributed by atoms with Gasteiger partial charge in [0.1, 0.15) is 0 Å². The van der Waals surface area contributed by atoms with Gasteiger partial charge in [0, 0.05) is 44.7 Å². The van der Waals surface area contributed by atoms with Gasteiger partial charge < -0.3 is 19.5 Å². The van der Waals surface area contributed by atoms with Crippen LogP contribution in [0.5, 0.6) is 0 Å². The molecule has 3 fully saturated rings. The minimum absolute atomic E-state index is 0.00390. The number of ether oxygens (including phenoxy) is 1. The predicted octanol–water partition coefficient (Wildman–Crippen LogP) is 0.190. The molecule has 1 aromatic rings. The summed E-state index contributed by atoms with van der Waals surface area (Å²) in [4.78, 5) is 40.3. The molecule has 2 atom stereocenters. The Morgan fingerprint density at radius 1 is 1.14 bits per heavy atom. The van der Waals surface area contributed by atoms with Crippen molar-refractivity contribution in [3.05, 3.63) is 22.2 Å². The highest BCUT2D eigenvalue weighted by Crippen LogP contribution is 2.35. The van der Waals surface area contributed by atoms with Gasteiger partial charge in [-0.1, -0.05) is 0 Å². The van der Waals surface area contributed by atoms with E-state index in [-0.39, 0.29) is 23.8 Å². The molecule has 0 unspecified atom stereocenters. The molecule has 3 heterocycles. The number of carbonyl (C=O) groups excluding carboxylic acids is 2. The molecule has 0 spiro atoms. The van der Waals surface area contributed by atoms with Gasteiger partial charge >= 0.3 is 0 Å². The highest BCUT2D eigenvalue weighted by atomic mass is 16.5. The quantitative estimate of drug-likeness (QED) is 0.686. The van der Waals surface area contributed by atoms with E-state index in [4.69, 9.17) is 9.26 Å². The van der Waals surface area contributed by atoms with Gasteiger partial charge in [-0.25, -0.2) is 0 Å². The second kappa shape index (κ2) is 8.48. The summed E-state index contributed by atoms with van der Waals surface area (Å²) in [7, 11) is 0. The van der Waals surface area contributed by atoms with E-state index in [1.165, 1.54) is 12.8 Å². The molecule has 1 aromatic heterocycles. The van der Waals surface area contributed by atoms with Crippen LogP contribution < -0.4 is 10.9 Å². The standard InChI is InChI=1S/C19H28N4O5/c24-17-10-16(28-21-17)19(26)20-11-15-4-3-14(23(15)12-13-1-2-13)9-18(25)22-5-7-27-8-6-22/h10,13-15H,1-9,11-12H2,(H,20,26)(H,21,24)/t14-,15+/m1/s1. The number of nitrogens with zero attached hydrogens (tertiary/aromatic N) is 2. The molecule has 9 nitrogen and oxygen atoms in total. The zero-order valence-electron chi connectivity index (χ0n) is 16.0. The number of morpholine rings is 1. The van der Waals surface area contributed by atoms with E-state index in [1.807, 2.05) is 4.90 Å². The summed E-state index contributed by atoms with van der Waals surface area (Å²) < 4.78 is 10.2. The van der Waals surface area contributed by atoms with Crippen molar-refractivity contribution in [3.8, 4) is 0 Å². The first-order chi connectivity index (χ1) is 13.6. The molecule has 3 aliphatic rings. The molecule has 2 amide bonds. The Morgan fingerprint density at radius 3 is 2.57 bits per heavy atom. The van der Waals surface area contributed by atoms with E-state index in [0.717, 1.165) is 25.5 Å². The van der Waals surface area contributed by atoms with Gasteiger partial charge in [-0.3, -0.25) is 19.3 Å². The van der Waals surface area contributed by atoms with Gasteiger partial charge in [0.25, 0.3) is 11.5 Å². The lowest BCUT2D eigenvalue weighted by molar-refractivity contribution is -0.136. The summed E-state index contributed by atoms with van der Waals surface area (Å²) >= 11 is 0. The zero-order valence-corrected chi connectivity index (χ0v) is 16.0. The predicted molar refractivity (Wildman–Crippen MR) is 99.9 cm³/mol. The Bertz CT molecular complexity index is 750. The molecule has 28 heavy (non-hydrogen) atoms. The number of nitrogens with one attached hydrogen (secondary N) is 2. The van der Waals surface area contributed by atoms with Crippen LogP contribution >= 0.6 is 0 Å². The molecule has 0 bridgehead atoms. The van der Waals surface area contributed by atoms with Gasteiger partial charge in [-0.15, -0.1) is 0 Å². The number of hydrogen-bond acceptors (Lipinski definition) is 6. The molecular formula is C19H28N4O5. The molecule has 0 radical (unpaired) electrons. The SMILES string of the molecule is O=C(NC[C@@H]1CC[C@H](CC(=O)N2CCOCC2)N1CC1CC1)c1cc(=O)[nH]o1. The first-order valence-electron chi connectivity index (χ1n) is 10.2. The molecular weight excluding hydrogens is 364 g/mol. The number of amides is 2. The second-order valence-corrected chi connectivity index (χ2v) is 8.01. The van der Waals surface area contributed by atoms with E-state index in [1.54, 1.807) is 0 Å². The molecule has 0 aromatic carbocycles. The number of hydrogen-bond donors (Lipinski definition) is 2. The van der Waals surface area contributed by atoms with Crippen LogP contribution in [0.1, 0.15) is 42.7 Å². The summed E-state index contributed by atoms with van der Waals surface area (Å²) in [5, 5.41) is 5.00. The van der Waals surface area contributed by atoms with Crippen molar-refractivity contribution in [2.75, 3.05) is 39.4 Å². The molecule has 1 aliphatic carbocycles. The fraction of sp³-hybridized carbons (Fsp3) is 0.737. The van der Waals surface area contributed by atoms with Crippen LogP contribution in [0.25, 0.3) is 0 Å². The Morgan fingerprint density at radius 2 is 1.89 bits per heavy atom. The van der Waals surface area contributed by atoms with Crippen molar-refractivity contribution in [1.82, 2.24) is 20.3 Å². The average Bonchev–Trinajstić information content (AvgIpc) is 3.30. The third kappa shape index (κ3) is 4.64. The maximum Gasteiger partial charge on any atom is 0.289 e. The molecule has 9 heteroatoms. The third-order valence-corrected chi connectivity index (χ3v) is 5.96. The van der Waals surface area contributed by atoms with E-state index < -0.39 is 11.5 Å². The third-order valence-electron chi connectivity index (χ3n) is 5.96. The topological polar surface area (TPSA) is 108 Å². The van der Waals surface area contributed by atoms with Gasteiger partial charge in [0.2, 0.25) is 11.7 Å². The van der Waals surface area contributed by atoms with Crippen LogP contribution in [0.15, 0.2) is 15.4 Å². The maximum atomic E-state index is 12.7. The summed E-state index contributed by atoms with van der Waals surface area (Å²) in [6.45, 7) is 4.06. The minimum atomic E-state index is -0.428. The molecule has 1 saturated carbocycles. The fourth-order valence-electron chi connectivity index (χ4n) is 4.19. The average molecular weight is 392 g/mol. The van der Waals surface area contributed by atoms with E-state index >= 15 is 0 Å². The fourth-order valence-corrected chi connectivity index (χ4v) is 4.19. The lowest BCUT2D eigenvalue weighted by atomic mass is 10.1. The number of rotatable bonds is 7. The molecule has 2 saturated heterocycles. The summed E-state index contributed by atoms with van der Waals surface area (Å²) in [5.74, 6) is 0.515. The van der Waals surface area contributed by atoms with Crippen LogP contribution in [0.3, 0.4) is 0 Å². The Balaban J connectivity index is 1.33. The smallest absolute Gasteiger partial charge is 0.289 e. The number of carbonyl (C=O) groups is 2. The summed E-state index contributed by atoms with van der Waals surface area (Å²) in [5.41, 5.74) is -0.428. The van der Waals surface area contributed by atoms with Crippen molar-refractivity contribution < 1.29 is 18.8 Å². The zero-order chi connectivity index (χ0) is 19.5. The van der Waals surface area contributed by atoms with Crippen LogP contribution in [0.2, 0.25) is 0 Å². The van der Waals surface area contributed by atoms with Crippen molar-refractivity contribution in [3.63, 3.8) is 0 Å². The van der Waals surface area contributed by atoms with Crippen molar-refractivity contribution in [1.29, 1.82) is 0 Å². The summed E-state index contributed by atoms with van der Waals surface area (Å²) in [6.07, 6.45) is 4.93. The molecule has 154 valence electrons. The van der Waals surface area contributed by atoms with E-state index in [2.05, 4.69) is 15.4 Å². The van der Waals surface area contributed by atoms with Crippen LogP contribution in [0, 0.1) is 5.92 Å². The molecule has 2 aliphatic heterocycles. The van der Waals surface area contributed by atoms with Gasteiger partial charge in [0.05, 0.1) is 19.3 Å². The number of likely N-dealkylation sites (tertiary alicyclic amines) is 1. The Hall–Kier alpha value is -2.13. The van der Waals surface area contributed by atoms with Crippen LogP contribution in [0.4, 0.5) is 0 Å².